The highest BCUT2D eigenvalue weighted by atomic mass is 16.6. The van der Waals surface area contributed by atoms with Crippen molar-refractivity contribution < 1.29 is 34.0 Å². The molecule has 2 N–H and O–H groups in total. The van der Waals surface area contributed by atoms with Gasteiger partial charge in [-0.25, -0.2) is 4.79 Å². The number of methoxy groups -OCH3 is 1. The number of phenolic OH excluding ortho intramolecular Hbond substituents is 1. The van der Waals surface area contributed by atoms with Gasteiger partial charge in [0.25, 0.3) is 5.97 Å². The van der Waals surface area contributed by atoms with Gasteiger partial charge in [0.2, 0.25) is 0 Å². The maximum Gasteiger partial charge on any atom is 0.337 e. The van der Waals surface area contributed by atoms with Gasteiger partial charge in [-0.05, 0) is 55.8 Å². The molecule has 2 bridgehead atoms. The Labute approximate surface area is 210 Å². The largest absolute Gasteiger partial charge is 0.504 e. The molecule has 0 aromatic heterocycles. The summed E-state index contributed by atoms with van der Waals surface area (Å²) in [6, 6.07) is 11.6. The number of esters is 1. The van der Waals surface area contributed by atoms with Gasteiger partial charge in [-0.3, -0.25) is 4.79 Å². The maximum atomic E-state index is 11.9. The number of likely N-dealkylation sites (tertiary alicyclic amines) is 1. The zero-order valence-electron chi connectivity index (χ0n) is 20.6. The third kappa shape index (κ3) is 3.85. The topological polar surface area (TPSA) is 106 Å². The Kier molecular flexibility index (Phi) is 6.26. The molecule has 1 spiro atoms. The highest BCUT2D eigenvalue weighted by molar-refractivity contribution is 5.89. The lowest BCUT2D eigenvalue weighted by Crippen LogP contribution is -2.65. The monoisotopic (exact) mass is 493 g/mol. The minimum Gasteiger partial charge on any atom is -0.504 e. The van der Waals surface area contributed by atoms with Crippen molar-refractivity contribution >= 4 is 11.9 Å². The minimum absolute atomic E-state index is 0.174. The smallest absolute Gasteiger partial charge is 0.337 e. The van der Waals surface area contributed by atoms with E-state index in [9.17, 15) is 9.90 Å². The molecule has 8 heteroatoms. The first-order chi connectivity index (χ1) is 17.3. The molecule has 190 valence electrons. The van der Waals surface area contributed by atoms with Crippen molar-refractivity contribution in [2.45, 2.75) is 50.0 Å². The van der Waals surface area contributed by atoms with E-state index in [-0.39, 0.29) is 29.3 Å². The van der Waals surface area contributed by atoms with Crippen molar-refractivity contribution in [2.24, 2.45) is 5.92 Å². The molecule has 2 aromatic rings. The number of rotatable bonds is 4. The van der Waals surface area contributed by atoms with Crippen molar-refractivity contribution in [3.05, 3.63) is 70.8 Å². The first kappa shape index (κ1) is 24.3. The summed E-state index contributed by atoms with van der Waals surface area (Å²) >= 11 is 0. The molecule has 0 saturated carbocycles. The van der Waals surface area contributed by atoms with Crippen LogP contribution in [0.15, 0.2) is 48.6 Å². The molecule has 4 aliphatic rings. The van der Waals surface area contributed by atoms with Gasteiger partial charge < -0.3 is 29.3 Å². The number of benzene rings is 2. The number of carboxylic acids is 1. The number of nitrogens with zero attached hydrogens (tertiary/aromatic N) is 1. The van der Waals surface area contributed by atoms with Crippen molar-refractivity contribution in [1.29, 1.82) is 0 Å². The first-order valence-electron chi connectivity index (χ1n) is 12.1. The summed E-state index contributed by atoms with van der Waals surface area (Å²) in [5.41, 5.74) is 3.72. The van der Waals surface area contributed by atoms with Crippen molar-refractivity contribution in [2.75, 3.05) is 20.7 Å². The van der Waals surface area contributed by atoms with E-state index >= 15 is 0 Å². The lowest BCUT2D eigenvalue weighted by Gasteiger charge is -2.56. The summed E-state index contributed by atoms with van der Waals surface area (Å²) in [7, 11) is 3.59. The normalized spacial score (nSPS) is 28.9. The lowest BCUT2D eigenvalue weighted by molar-refractivity contribution is -0.134. The van der Waals surface area contributed by atoms with Crippen LogP contribution in [0.3, 0.4) is 0 Å². The molecule has 0 radical (unpaired) electrons. The average molecular weight is 494 g/mol. The summed E-state index contributed by atoms with van der Waals surface area (Å²) in [6.45, 7) is 2.44. The molecule has 0 unspecified atom stereocenters. The molecular formula is C28H31NO7. The zero-order chi connectivity index (χ0) is 25.6. The molecule has 8 nitrogen and oxygen atoms in total. The van der Waals surface area contributed by atoms with Gasteiger partial charge in [0.15, 0.2) is 11.5 Å². The lowest BCUT2D eigenvalue weighted by atomic mass is 9.53. The fourth-order valence-electron chi connectivity index (χ4n) is 6.46. The number of ether oxygens (including phenoxy) is 3. The zero-order valence-corrected chi connectivity index (χ0v) is 20.6. The summed E-state index contributed by atoms with van der Waals surface area (Å²) in [6.07, 6.45) is 5.98. The Morgan fingerprint density at radius 2 is 2.00 bits per heavy atom. The van der Waals surface area contributed by atoms with Crippen LogP contribution in [0, 0.1) is 5.92 Å². The van der Waals surface area contributed by atoms with E-state index in [4.69, 9.17) is 24.1 Å². The molecule has 36 heavy (non-hydrogen) atoms. The Morgan fingerprint density at radius 1 is 1.22 bits per heavy atom. The molecule has 2 aliphatic heterocycles. The van der Waals surface area contributed by atoms with Crippen LogP contribution in [0.1, 0.15) is 40.4 Å². The molecule has 2 heterocycles. The van der Waals surface area contributed by atoms with Crippen LogP contribution < -0.4 is 4.74 Å². The number of likely N-dealkylation sites (N-methyl/N-ethyl adjacent to an activating group) is 1. The molecular weight excluding hydrogens is 462 g/mol. The van der Waals surface area contributed by atoms with E-state index in [0.717, 1.165) is 31.9 Å². The van der Waals surface area contributed by atoms with E-state index in [1.54, 1.807) is 18.2 Å². The molecule has 1 saturated heterocycles. The maximum absolute atomic E-state index is 11.9. The van der Waals surface area contributed by atoms with Gasteiger partial charge in [0.05, 0.1) is 19.3 Å². The summed E-state index contributed by atoms with van der Waals surface area (Å²) in [5.74, 6) is 0.00581. The average Bonchev–Trinajstić information content (AvgIpc) is 3.22. The van der Waals surface area contributed by atoms with Crippen LogP contribution in [0.5, 0.6) is 11.5 Å². The van der Waals surface area contributed by atoms with Crippen LogP contribution in [0.2, 0.25) is 0 Å². The SMILES string of the molecule is CC(=O)O.COC(=O)c1cccc(CO[C@H]2C=C[C@H]3[C@H]4Cc5ccc(O)c6c5[C@@]3(CCN4C)[C@H]2O6)c1. The van der Waals surface area contributed by atoms with Gasteiger partial charge >= 0.3 is 5.97 Å². The Bertz CT molecular complexity index is 1220. The van der Waals surface area contributed by atoms with E-state index < -0.39 is 5.97 Å². The predicted molar refractivity (Wildman–Crippen MR) is 131 cm³/mol. The molecule has 0 amide bonds. The van der Waals surface area contributed by atoms with E-state index in [1.165, 1.54) is 18.2 Å². The van der Waals surface area contributed by atoms with Crippen molar-refractivity contribution in [3.63, 3.8) is 0 Å². The van der Waals surface area contributed by atoms with Crippen LogP contribution >= 0.6 is 0 Å². The van der Waals surface area contributed by atoms with Crippen LogP contribution in [0.4, 0.5) is 0 Å². The summed E-state index contributed by atoms with van der Waals surface area (Å²) in [4.78, 5) is 23.3. The second-order valence-electron chi connectivity index (χ2n) is 9.93. The third-order valence-corrected chi connectivity index (χ3v) is 7.92. The van der Waals surface area contributed by atoms with Crippen molar-refractivity contribution in [1.82, 2.24) is 4.90 Å². The Hall–Kier alpha value is -3.36. The number of carbonyl (C=O) groups is 2. The van der Waals surface area contributed by atoms with Gasteiger partial charge in [-0.15, -0.1) is 0 Å². The number of phenols is 1. The number of hydrogen-bond donors (Lipinski definition) is 2. The van der Waals surface area contributed by atoms with Gasteiger partial charge in [0.1, 0.15) is 12.2 Å². The molecule has 6 rings (SSSR count). The minimum atomic E-state index is -0.833. The van der Waals surface area contributed by atoms with Crippen LogP contribution in [-0.4, -0.2) is 66.0 Å². The fraction of sp³-hybridized carbons (Fsp3) is 0.429. The number of piperidine rings is 1. The third-order valence-electron chi connectivity index (χ3n) is 7.92. The quantitative estimate of drug-likeness (QED) is 0.494. The fourth-order valence-corrected chi connectivity index (χ4v) is 6.46. The molecule has 2 aliphatic carbocycles. The predicted octanol–water partition coefficient (Wildman–Crippen LogP) is 3.30. The van der Waals surface area contributed by atoms with Gasteiger partial charge in [-0.2, -0.15) is 0 Å². The molecule has 2 aromatic carbocycles. The Morgan fingerprint density at radius 3 is 2.75 bits per heavy atom. The van der Waals surface area contributed by atoms with E-state index in [2.05, 4.69) is 30.2 Å². The number of carboxylic acid groups (broad SMARTS) is 1. The second kappa shape index (κ2) is 9.26. The van der Waals surface area contributed by atoms with E-state index in [0.29, 0.717) is 29.9 Å². The number of hydrogen-bond acceptors (Lipinski definition) is 7. The van der Waals surface area contributed by atoms with Crippen LogP contribution in [0.25, 0.3) is 0 Å². The number of aliphatic carboxylic acids is 1. The Balaban J connectivity index is 0.000000623. The summed E-state index contributed by atoms with van der Waals surface area (Å²) in [5, 5.41) is 18.0. The highest BCUT2D eigenvalue weighted by Crippen LogP contribution is 2.62. The van der Waals surface area contributed by atoms with Gasteiger partial charge in [0, 0.05) is 29.9 Å². The standard InChI is InChI=1S/C26H27NO5.C2H4O2/c1-27-11-10-26-18-7-9-21(31-14-15-4-3-5-17(12-15)25(29)30-2)24(26)32-23-20(28)8-6-16(22(23)26)13-19(18)27;1-2(3)4/h3-9,12,18-19,21,24,28H,10-11,13-14H2,1-2H3;1H3,(H,3,4)/t18-,19+,21-,24-,26-;/m0./s1. The molecule has 5 atom stereocenters. The van der Waals surface area contributed by atoms with E-state index in [1.807, 2.05) is 12.1 Å². The van der Waals surface area contributed by atoms with Gasteiger partial charge in [-0.1, -0.05) is 30.4 Å². The summed E-state index contributed by atoms with van der Waals surface area (Å²) < 4.78 is 17.7. The first-order valence-corrected chi connectivity index (χ1v) is 12.1. The number of aromatic hydroxyl groups is 1. The molecule has 1 fully saturated rings. The number of carbonyl (C=O) groups excluding carboxylic acids is 1. The van der Waals surface area contributed by atoms with Crippen molar-refractivity contribution in [3.8, 4) is 11.5 Å². The second-order valence-corrected chi connectivity index (χ2v) is 9.93. The highest BCUT2D eigenvalue weighted by Gasteiger charge is 2.64. The van der Waals surface area contributed by atoms with Crippen LogP contribution in [-0.2, 0) is 32.7 Å².